The van der Waals surface area contributed by atoms with E-state index in [2.05, 4.69) is 12.1 Å². The summed E-state index contributed by atoms with van der Waals surface area (Å²) in [5.74, 6) is -0.178. The van der Waals surface area contributed by atoms with Crippen LogP contribution in [0.4, 0.5) is 0 Å². The van der Waals surface area contributed by atoms with Gasteiger partial charge in [0.25, 0.3) is 0 Å². The number of hydrogen-bond acceptors (Lipinski definition) is 4. The van der Waals surface area contributed by atoms with Gasteiger partial charge in [0.2, 0.25) is 0 Å². The molecule has 0 aliphatic rings. The van der Waals surface area contributed by atoms with Gasteiger partial charge in [0, 0.05) is 5.56 Å². The summed E-state index contributed by atoms with van der Waals surface area (Å²) < 4.78 is 10.7. The summed E-state index contributed by atoms with van der Waals surface area (Å²) in [4.78, 5) is 0. The number of methoxy groups -OCH3 is 2. The second kappa shape index (κ2) is 7.15. The summed E-state index contributed by atoms with van der Waals surface area (Å²) in [6, 6.07) is 19.1. The summed E-state index contributed by atoms with van der Waals surface area (Å²) in [6.45, 7) is 0. The van der Waals surface area contributed by atoms with Crippen LogP contribution in [0, 0.1) is 22.7 Å². The molecule has 0 aliphatic heterocycles. The van der Waals surface area contributed by atoms with Gasteiger partial charge in [-0.25, -0.2) is 0 Å². The van der Waals surface area contributed by atoms with E-state index < -0.39 is 11.8 Å². The average Bonchev–Trinajstić information content (AvgIpc) is 2.59. The van der Waals surface area contributed by atoms with Crippen LogP contribution in [0.2, 0.25) is 0 Å². The normalized spacial score (nSPS) is 12.5. The molecule has 4 nitrogen and oxygen atoms in total. The summed E-state index contributed by atoms with van der Waals surface area (Å²) in [5.41, 5.74) is 1.46. The largest absolute Gasteiger partial charge is 0.493 e. The van der Waals surface area contributed by atoms with Crippen molar-refractivity contribution in [2.45, 2.75) is 11.8 Å². The van der Waals surface area contributed by atoms with Crippen LogP contribution in [-0.2, 0) is 0 Å². The van der Waals surface area contributed by atoms with Crippen molar-refractivity contribution in [3.8, 4) is 23.6 Å². The van der Waals surface area contributed by atoms with E-state index in [9.17, 15) is 10.5 Å². The van der Waals surface area contributed by atoms with Gasteiger partial charge in [-0.1, -0.05) is 42.5 Å². The summed E-state index contributed by atoms with van der Waals surface area (Å²) in [6.07, 6.45) is 0. The Morgan fingerprint density at radius 2 is 1.50 bits per heavy atom. The van der Waals surface area contributed by atoms with Crippen molar-refractivity contribution < 1.29 is 9.47 Å². The van der Waals surface area contributed by atoms with Gasteiger partial charge in [-0.15, -0.1) is 0 Å². The number of nitriles is 2. The fourth-order valence-corrected chi connectivity index (χ4v) is 2.48. The minimum Gasteiger partial charge on any atom is -0.493 e. The minimum atomic E-state index is -0.641. The van der Waals surface area contributed by atoms with Crippen LogP contribution < -0.4 is 9.47 Å². The third kappa shape index (κ3) is 2.87. The maximum atomic E-state index is 9.63. The molecule has 0 fully saturated rings. The van der Waals surface area contributed by atoms with Crippen LogP contribution in [0.25, 0.3) is 0 Å². The minimum absolute atomic E-state index is 0.493. The second-order valence-electron chi connectivity index (χ2n) is 4.71. The van der Waals surface area contributed by atoms with E-state index in [1.807, 2.05) is 30.3 Å². The molecule has 2 aromatic carbocycles. The van der Waals surface area contributed by atoms with Crippen LogP contribution in [0.5, 0.6) is 11.5 Å². The lowest BCUT2D eigenvalue weighted by atomic mass is 9.83. The first-order chi connectivity index (χ1) is 10.8. The topological polar surface area (TPSA) is 66.0 Å². The lowest BCUT2D eigenvalue weighted by Crippen LogP contribution is -2.10. The number of ether oxygens (including phenoxy) is 2. The number of rotatable bonds is 5. The van der Waals surface area contributed by atoms with Crippen LogP contribution in [-0.4, -0.2) is 14.2 Å². The van der Waals surface area contributed by atoms with E-state index in [1.165, 1.54) is 7.11 Å². The highest BCUT2D eigenvalue weighted by atomic mass is 16.5. The molecule has 2 atom stereocenters. The molecule has 2 unspecified atom stereocenters. The van der Waals surface area contributed by atoms with Gasteiger partial charge < -0.3 is 9.47 Å². The van der Waals surface area contributed by atoms with E-state index in [4.69, 9.17) is 9.47 Å². The average molecular weight is 292 g/mol. The van der Waals surface area contributed by atoms with Gasteiger partial charge in [-0.3, -0.25) is 0 Å². The molecule has 0 N–H and O–H groups in total. The molecule has 0 spiro atoms. The highest BCUT2D eigenvalue weighted by Crippen LogP contribution is 2.41. The van der Waals surface area contributed by atoms with Gasteiger partial charge >= 0.3 is 0 Å². The predicted molar refractivity (Wildman–Crippen MR) is 82.7 cm³/mol. The van der Waals surface area contributed by atoms with Gasteiger partial charge in [-0.05, 0) is 11.6 Å². The predicted octanol–water partition coefficient (Wildman–Crippen LogP) is 3.62. The summed E-state index contributed by atoms with van der Waals surface area (Å²) in [7, 11) is 3.07. The van der Waals surface area contributed by atoms with Crippen molar-refractivity contribution >= 4 is 0 Å². The fraction of sp³-hybridized carbons (Fsp3) is 0.222. The van der Waals surface area contributed by atoms with Crippen molar-refractivity contribution in [3.05, 3.63) is 59.7 Å². The molecule has 110 valence electrons. The summed E-state index contributed by atoms with van der Waals surface area (Å²) in [5, 5.41) is 19.2. The maximum absolute atomic E-state index is 9.63. The van der Waals surface area contributed by atoms with Crippen molar-refractivity contribution in [2.75, 3.05) is 14.2 Å². The highest BCUT2D eigenvalue weighted by molar-refractivity contribution is 5.52. The van der Waals surface area contributed by atoms with Crippen LogP contribution >= 0.6 is 0 Å². The molecule has 2 aromatic rings. The fourth-order valence-electron chi connectivity index (χ4n) is 2.48. The molecule has 0 amide bonds. The number of hydrogen-bond donors (Lipinski definition) is 0. The van der Waals surface area contributed by atoms with E-state index in [0.717, 1.165) is 5.56 Å². The quantitative estimate of drug-likeness (QED) is 0.844. The van der Waals surface area contributed by atoms with Crippen LogP contribution in [0.3, 0.4) is 0 Å². The first-order valence-electron chi connectivity index (χ1n) is 6.81. The maximum Gasteiger partial charge on any atom is 0.165 e. The molecule has 22 heavy (non-hydrogen) atoms. The molecular weight excluding hydrogens is 276 g/mol. The third-order valence-electron chi connectivity index (χ3n) is 3.54. The van der Waals surface area contributed by atoms with Gasteiger partial charge in [-0.2, -0.15) is 10.5 Å². The summed E-state index contributed by atoms with van der Waals surface area (Å²) >= 11 is 0. The molecule has 0 saturated carbocycles. The zero-order valence-corrected chi connectivity index (χ0v) is 12.5. The highest BCUT2D eigenvalue weighted by Gasteiger charge is 2.28. The molecule has 0 radical (unpaired) electrons. The van der Waals surface area contributed by atoms with Crippen molar-refractivity contribution in [1.29, 1.82) is 10.5 Å². The Hall–Kier alpha value is -2.98. The molecule has 0 aliphatic carbocycles. The van der Waals surface area contributed by atoms with Gasteiger partial charge in [0.1, 0.15) is 0 Å². The third-order valence-corrected chi connectivity index (χ3v) is 3.54. The van der Waals surface area contributed by atoms with E-state index in [0.29, 0.717) is 17.1 Å². The number of nitrogens with zero attached hydrogens (tertiary/aromatic N) is 2. The monoisotopic (exact) mass is 292 g/mol. The SMILES string of the molecule is COc1cccc(C(C#N)C(C#N)c2ccccc2)c1OC. The van der Waals surface area contributed by atoms with Crippen molar-refractivity contribution in [3.63, 3.8) is 0 Å². The van der Waals surface area contributed by atoms with Gasteiger partial charge in [0.15, 0.2) is 11.5 Å². The Morgan fingerprint density at radius 1 is 0.818 bits per heavy atom. The van der Waals surface area contributed by atoms with E-state index in [-0.39, 0.29) is 0 Å². The number of para-hydroxylation sites is 1. The first kappa shape index (κ1) is 15.4. The standard InChI is InChI=1S/C18H16N2O2/c1-21-17-10-6-9-14(18(17)22-2)16(12-20)15(11-19)13-7-4-3-5-8-13/h3-10,15-16H,1-2H3. The van der Waals surface area contributed by atoms with Crippen LogP contribution in [0.15, 0.2) is 48.5 Å². The molecule has 4 heteroatoms. The first-order valence-corrected chi connectivity index (χ1v) is 6.81. The zero-order valence-electron chi connectivity index (χ0n) is 12.5. The lowest BCUT2D eigenvalue weighted by Gasteiger charge is -2.20. The molecule has 0 aromatic heterocycles. The second-order valence-corrected chi connectivity index (χ2v) is 4.71. The van der Waals surface area contributed by atoms with Crippen LogP contribution in [0.1, 0.15) is 23.0 Å². The lowest BCUT2D eigenvalue weighted by molar-refractivity contribution is 0.350. The van der Waals surface area contributed by atoms with Crippen molar-refractivity contribution in [2.24, 2.45) is 0 Å². The van der Waals surface area contributed by atoms with Gasteiger partial charge in [0.05, 0.1) is 38.2 Å². The Labute approximate surface area is 130 Å². The van der Waals surface area contributed by atoms with E-state index in [1.54, 1.807) is 25.3 Å². The molecule has 2 rings (SSSR count). The molecular formula is C18H16N2O2. The van der Waals surface area contributed by atoms with Crippen molar-refractivity contribution in [1.82, 2.24) is 0 Å². The number of benzene rings is 2. The zero-order chi connectivity index (χ0) is 15.9. The molecule has 0 saturated heterocycles. The smallest absolute Gasteiger partial charge is 0.165 e. The Balaban J connectivity index is 2.53. The Bertz CT molecular complexity index is 714. The molecule has 0 bridgehead atoms. The Morgan fingerprint density at radius 3 is 2.05 bits per heavy atom. The Kier molecular flexibility index (Phi) is 5.01. The molecule has 0 heterocycles. The van der Waals surface area contributed by atoms with E-state index >= 15 is 0 Å².